The number of aromatic nitrogens is 1. The molecule has 1 amide bonds. The van der Waals surface area contributed by atoms with Crippen LogP contribution in [-0.2, 0) is 10.0 Å². The van der Waals surface area contributed by atoms with Gasteiger partial charge in [0.2, 0.25) is 10.0 Å². The highest BCUT2D eigenvalue weighted by atomic mass is 32.2. The minimum absolute atomic E-state index is 0.202. The Bertz CT molecular complexity index is 1300. The van der Waals surface area contributed by atoms with Crippen molar-refractivity contribution in [3.8, 4) is 5.75 Å². The fourth-order valence-corrected chi connectivity index (χ4v) is 6.46. The smallest absolute Gasteiger partial charge is 0.251 e. The van der Waals surface area contributed by atoms with E-state index < -0.39 is 10.0 Å². The van der Waals surface area contributed by atoms with Crippen LogP contribution in [0.15, 0.2) is 47.4 Å². The van der Waals surface area contributed by atoms with Crippen LogP contribution in [0.5, 0.6) is 5.75 Å². The van der Waals surface area contributed by atoms with Gasteiger partial charge in [0.1, 0.15) is 5.75 Å². The van der Waals surface area contributed by atoms with Gasteiger partial charge in [-0.2, -0.15) is 0 Å². The van der Waals surface area contributed by atoms with E-state index in [0.29, 0.717) is 18.7 Å². The molecule has 1 aliphatic rings. The summed E-state index contributed by atoms with van der Waals surface area (Å²) in [5.74, 6) is 0.636. The van der Waals surface area contributed by atoms with Crippen LogP contribution in [0.2, 0.25) is 0 Å². The standard InChI is InChI=1S/C26H35N5O4S2/c1-4-5-13-29(2)37(33,34)22-9-6-20(7-10-22)25(32)27-12-14-30-15-17-31(18-16-30)26-28-23-11-8-21(35-3)19-24(23)36-26/h6-11,19H,4-5,12-18H2,1-3H3,(H,27,32). The number of hydrogen-bond donors (Lipinski definition) is 1. The lowest BCUT2D eigenvalue weighted by atomic mass is 10.2. The van der Waals surface area contributed by atoms with E-state index in [-0.39, 0.29) is 10.8 Å². The highest BCUT2D eigenvalue weighted by molar-refractivity contribution is 7.89. The van der Waals surface area contributed by atoms with Crippen molar-refractivity contribution < 1.29 is 17.9 Å². The molecule has 1 aromatic heterocycles. The number of sulfonamides is 1. The molecular weight excluding hydrogens is 510 g/mol. The maximum Gasteiger partial charge on any atom is 0.251 e. The lowest BCUT2D eigenvalue weighted by molar-refractivity contribution is 0.0947. The average molecular weight is 546 g/mol. The second kappa shape index (κ2) is 12.2. The molecule has 11 heteroatoms. The predicted molar refractivity (Wildman–Crippen MR) is 148 cm³/mol. The molecule has 2 aromatic carbocycles. The Kier molecular flexibility index (Phi) is 9.01. The van der Waals surface area contributed by atoms with Crippen molar-refractivity contribution in [2.24, 2.45) is 0 Å². The van der Waals surface area contributed by atoms with E-state index in [4.69, 9.17) is 9.72 Å². The molecule has 200 valence electrons. The van der Waals surface area contributed by atoms with Crippen molar-refractivity contribution in [2.45, 2.75) is 24.7 Å². The molecule has 0 bridgehead atoms. The average Bonchev–Trinajstić information content (AvgIpc) is 3.35. The number of nitrogens with one attached hydrogen (secondary N) is 1. The van der Waals surface area contributed by atoms with E-state index in [1.165, 1.54) is 16.4 Å². The Hall–Kier alpha value is -2.73. The molecule has 4 rings (SSSR count). The summed E-state index contributed by atoms with van der Waals surface area (Å²) in [6, 6.07) is 12.1. The summed E-state index contributed by atoms with van der Waals surface area (Å²) in [5.41, 5.74) is 1.44. The molecule has 2 heterocycles. The van der Waals surface area contributed by atoms with Crippen molar-refractivity contribution in [1.82, 2.24) is 19.5 Å². The van der Waals surface area contributed by atoms with E-state index in [9.17, 15) is 13.2 Å². The summed E-state index contributed by atoms with van der Waals surface area (Å²) in [7, 11) is -0.285. The van der Waals surface area contributed by atoms with Crippen LogP contribution in [-0.4, -0.2) is 88.5 Å². The van der Waals surface area contributed by atoms with Gasteiger partial charge in [0.15, 0.2) is 5.13 Å². The molecule has 0 saturated carbocycles. The Morgan fingerprint density at radius 2 is 1.86 bits per heavy atom. The molecule has 0 aliphatic carbocycles. The number of amides is 1. The van der Waals surface area contributed by atoms with Gasteiger partial charge < -0.3 is 15.0 Å². The number of thiazole rings is 1. The first kappa shape index (κ1) is 27.3. The summed E-state index contributed by atoms with van der Waals surface area (Å²) in [6.45, 7) is 7.34. The first-order valence-corrected chi connectivity index (χ1v) is 14.8. The minimum atomic E-state index is -3.54. The summed E-state index contributed by atoms with van der Waals surface area (Å²) in [4.78, 5) is 22.2. The molecule has 1 aliphatic heterocycles. The molecule has 0 spiro atoms. The number of ether oxygens (including phenoxy) is 1. The molecule has 37 heavy (non-hydrogen) atoms. The second-order valence-corrected chi connectivity index (χ2v) is 12.2. The normalized spacial score (nSPS) is 14.9. The maximum absolute atomic E-state index is 12.7. The number of unbranched alkanes of at least 4 members (excludes halogenated alkanes) is 1. The van der Waals surface area contributed by atoms with E-state index in [1.807, 2.05) is 25.1 Å². The van der Waals surface area contributed by atoms with Gasteiger partial charge in [-0.05, 0) is 48.9 Å². The van der Waals surface area contributed by atoms with E-state index >= 15 is 0 Å². The largest absolute Gasteiger partial charge is 0.497 e. The molecule has 0 unspecified atom stereocenters. The van der Waals surface area contributed by atoms with Crippen molar-refractivity contribution in [2.75, 3.05) is 64.9 Å². The molecule has 0 radical (unpaired) electrons. The third-order valence-corrected chi connectivity index (χ3v) is 9.54. The predicted octanol–water partition coefficient (Wildman–Crippen LogP) is 3.28. The maximum atomic E-state index is 12.7. The highest BCUT2D eigenvalue weighted by Crippen LogP contribution is 2.31. The summed E-state index contributed by atoms with van der Waals surface area (Å²) in [5, 5.41) is 3.98. The second-order valence-electron chi connectivity index (χ2n) is 9.12. The highest BCUT2D eigenvalue weighted by Gasteiger charge is 2.22. The third-order valence-electron chi connectivity index (χ3n) is 6.59. The van der Waals surface area contributed by atoms with Gasteiger partial charge in [-0.25, -0.2) is 17.7 Å². The van der Waals surface area contributed by atoms with Gasteiger partial charge in [-0.15, -0.1) is 0 Å². The minimum Gasteiger partial charge on any atom is -0.497 e. The third kappa shape index (κ3) is 6.59. The van der Waals surface area contributed by atoms with Crippen molar-refractivity contribution in [3.63, 3.8) is 0 Å². The van der Waals surface area contributed by atoms with Gasteiger partial charge in [0.05, 0.1) is 22.2 Å². The van der Waals surface area contributed by atoms with Gasteiger partial charge in [-0.1, -0.05) is 24.7 Å². The summed E-state index contributed by atoms with van der Waals surface area (Å²) >= 11 is 1.68. The van der Waals surface area contributed by atoms with Gasteiger partial charge >= 0.3 is 0 Å². The van der Waals surface area contributed by atoms with E-state index in [2.05, 4.69) is 15.1 Å². The van der Waals surface area contributed by atoms with Crippen LogP contribution in [0.1, 0.15) is 30.1 Å². The number of carbonyl (C=O) groups is 1. The zero-order valence-electron chi connectivity index (χ0n) is 21.6. The fraction of sp³-hybridized carbons (Fsp3) is 0.462. The monoisotopic (exact) mass is 545 g/mol. The van der Waals surface area contributed by atoms with Gasteiger partial charge in [0, 0.05) is 58.4 Å². The number of benzene rings is 2. The topological polar surface area (TPSA) is 95.1 Å². The number of methoxy groups -OCH3 is 1. The van der Waals surface area contributed by atoms with Crippen molar-refractivity contribution in [1.29, 1.82) is 0 Å². The summed E-state index contributed by atoms with van der Waals surface area (Å²) in [6.07, 6.45) is 1.73. The molecule has 1 N–H and O–H groups in total. The van der Waals surface area contributed by atoms with Crippen LogP contribution in [0.4, 0.5) is 5.13 Å². The van der Waals surface area contributed by atoms with Gasteiger partial charge in [0.25, 0.3) is 5.91 Å². The number of carbonyl (C=O) groups excluding carboxylic acids is 1. The Labute approximate surface area is 223 Å². The molecule has 1 saturated heterocycles. The number of hydrogen-bond acceptors (Lipinski definition) is 8. The van der Waals surface area contributed by atoms with Crippen molar-refractivity contribution in [3.05, 3.63) is 48.0 Å². The SMILES string of the molecule is CCCCN(C)S(=O)(=O)c1ccc(C(=O)NCCN2CCN(c3nc4ccc(OC)cc4s3)CC2)cc1. The van der Waals surface area contributed by atoms with Crippen molar-refractivity contribution >= 4 is 42.6 Å². The number of piperazine rings is 1. The number of fused-ring (bicyclic) bond motifs is 1. The Morgan fingerprint density at radius 1 is 1.14 bits per heavy atom. The van der Waals surface area contributed by atoms with Crippen LogP contribution < -0.4 is 15.0 Å². The number of rotatable bonds is 11. The van der Waals surface area contributed by atoms with Crippen LogP contribution in [0.25, 0.3) is 10.2 Å². The van der Waals surface area contributed by atoms with Gasteiger partial charge in [-0.3, -0.25) is 9.69 Å². The molecular formula is C26H35N5O4S2. The quantitative estimate of drug-likeness (QED) is 0.395. The number of nitrogens with zero attached hydrogens (tertiary/aromatic N) is 4. The summed E-state index contributed by atoms with van der Waals surface area (Å²) < 4.78 is 33.1. The van der Waals surface area contributed by atoms with Crippen LogP contribution >= 0.6 is 11.3 Å². The van der Waals surface area contributed by atoms with Crippen LogP contribution in [0, 0.1) is 0 Å². The molecule has 3 aromatic rings. The molecule has 1 fully saturated rings. The Balaban J connectivity index is 1.23. The first-order valence-electron chi connectivity index (χ1n) is 12.6. The molecule has 0 atom stereocenters. The van der Waals surface area contributed by atoms with E-state index in [0.717, 1.165) is 66.7 Å². The lowest BCUT2D eigenvalue weighted by Gasteiger charge is -2.34. The zero-order chi connectivity index (χ0) is 26.4. The van der Waals surface area contributed by atoms with Crippen LogP contribution in [0.3, 0.4) is 0 Å². The Morgan fingerprint density at radius 3 is 2.54 bits per heavy atom. The first-order chi connectivity index (χ1) is 17.8. The fourth-order valence-electron chi connectivity index (χ4n) is 4.21. The van der Waals surface area contributed by atoms with E-state index in [1.54, 1.807) is 37.6 Å². The lowest BCUT2D eigenvalue weighted by Crippen LogP contribution is -2.48. The molecule has 9 nitrogen and oxygen atoms in total. The number of anilines is 1. The zero-order valence-corrected chi connectivity index (χ0v) is 23.3.